The number of halogens is 1. The molecule has 0 radical (unpaired) electrons. The van der Waals surface area contributed by atoms with Gasteiger partial charge in [-0.1, -0.05) is 0 Å². The van der Waals surface area contributed by atoms with Crippen molar-refractivity contribution in [1.82, 2.24) is 9.55 Å². The average molecular weight is 562 g/mol. The number of nitrogen functional groups attached to an aromatic ring is 1. The summed E-state index contributed by atoms with van der Waals surface area (Å²) in [7, 11) is -16.8. The van der Waals surface area contributed by atoms with Gasteiger partial charge in [0.05, 0.1) is 6.61 Å². The number of rotatable bonds is 8. The lowest BCUT2D eigenvalue weighted by atomic mass is 10.1. The van der Waals surface area contributed by atoms with E-state index in [1.807, 2.05) is 0 Å². The molecule has 1 aliphatic heterocycles. The molecule has 0 aliphatic carbocycles. The SMILES string of the molecule is Nc1ccn([C@]2(Br)O[C@H](COP(=O)(O)OP(=O)(O)OP(=O)(O)O)[C@@H](O)[C@H]2O)c(=O)n1. The van der Waals surface area contributed by atoms with E-state index in [0.717, 1.165) is 6.20 Å². The second-order valence-corrected chi connectivity index (χ2v) is 11.1. The Morgan fingerprint density at radius 1 is 1.20 bits per heavy atom. The fourth-order valence-electron chi connectivity index (χ4n) is 2.22. The van der Waals surface area contributed by atoms with Gasteiger partial charge in [0.15, 0.2) is 0 Å². The third kappa shape index (κ3) is 6.25. The number of alkyl halides is 1. The molecule has 0 amide bonds. The van der Waals surface area contributed by atoms with E-state index < -0.39 is 58.7 Å². The van der Waals surface area contributed by atoms with Crippen molar-refractivity contribution in [3.05, 3.63) is 22.7 Å². The van der Waals surface area contributed by atoms with Gasteiger partial charge in [-0.25, -0.2) is 18.5 Å². The van der Waals surface area contributed by atoms with Gasteiger partial charge in [-0.2, -0.15) is 13.6 Å². The number of hydrogen-bond donors (Lipinski definition) is 7. The number of aliphatic hydroxyl groups is 2. The van der Waals surface area contributed by atoms with Crippen molar-refractivity contribution in [1.29, 1.82) is 0 Å². The van der Waals surface area contributed by atoms with Gasteiger partial charge in [0.1, 0.15) is 24.1 Å². The van der Waals surface area contributed by atoms with E-state index in [1.165, 1.54) is 6.07 Å². The molecule has 1 saturated heterocycles. The van der Waals surface area contributed by atoms with Crippen LogP contribution in [-0.4, -0.2) is 64.3 Å². The van der Waals surface area contributed by atoms with Gasteiger partial charge in [0.2, 0.25) is 4.63 Å². The van der Waals surface area contributed by atoms with Crippen LogP contribution in [0.1, 0.15) is 0 Å². The van der Waals surface area contributed by atoms with Crippen molar-refractivity contribution in [2.45, 2.75) is 22.9 Å². The second-order valence-electron chi connectivity index (χ2n) is 5.59. The van der Waals surface area contributed by atoms with Crippen LogP contribution in [0, 0.1) is 0 Å². The summed E-state index contributed by atoms with van der Waals surface area (Å²) >= 11 is 2.92. The molecule has 6 atom stereocenters. The van der Waals surface area contributed by atoms with Crippen molar-refractivity contribution in [3.63, 3.8) is 0 Å². The molecule has 21 heteroatoms. The van der Waals surface area contributed by atoms with Crippen molar-refractivity contribution in [2.75, 3.05) is 12.3 Å². The van der Waals surface area contributed by atoms with Crippen LogP contribution in [0.25, 0.3) is 0 Å². The minimum absolute atomic E-state index is 0.149. The monoisotopic (exact) mass is 561 g/mol. The van der Waals surface area contributed by atoms with Gasteiger partial charge >= 0.3 is 29.2 Å². The van der Waals surface area contributed by atoms with Crippen molar-refractivity contribution in [3.8, 4) is 0 Å². The number of aromatic nitrogens is 2. The van der Waals surface area contributed by atoms with Gasteiger partial charge in [0, 0.05) is 6.20 Å². The number of ether oxygens (including phenoxy) is 1. The Morgan fingerprint density at radius 3 is 2.33 bits per heavy atom. The molecule has 0 spiro atoms. The van der Waals surface area contributed by atoms with Crippen molar-refractivity contribution in [2.24, 2.45) is 0 Å². The summed E-state index contributed by atoms with van der Waals surface area (Å²) < 4.78 is 48.9. The van der Waals surface area contributed by atoms with Crippen LogP contribution >= 0.6 is 39.4 Å². The largest absolute Gasteiger partial charge is 0.490 e. The molecule has 17 nitrogen and oxygen atoms in total. The first-order valence-electron chi connectivity index (χ1n) is 7.33. The molecule has 1 aliphatic rings. The molecule has 1 aromatic heterocycles. The van der Waals surface area contributed by atoms with E-state index in [1.54, 1.807) is 0 Å². The highest BCUT2D eigenvalue weighted by molar-refractivity contribution is 9.09. The van der Waals surface area contributed by atoms with Gasteiger partial charge in [0.25, 0.3) is 0 Å². The molecule has 8 N–H and O–H groups in total. The highest BCUT2D eigenvalue weighted by atomic mass is 79.9. The summed E-state index contributed by atoms with van der Waals surface area (Å²) in [5.74, 6) is -0.149. The second kappa shape index (κ2) is 8.77. The van der Waals surface area contributed by atoms with E-state index in [4.69, 9.17) is 25.2 Å². The zero-order valence-corrected chi connectivity index (χ0v) is 18.5. The lowest BCUT2D eigenvalue weighted by molar-refractivity contribution is -0.0757. The quantitative estimate of drug-likeness (QED) is 0.137. The Bertz CT molecular complexity index is 998. The van der Waals surface area contributed by atoms with Gasteiger partial charge in [-0.3, -0.25) is 9.09 Å². The van der Waals surface area contributed by atoms with Crippen molar-refractivity contribution < 1.29 is 61.4 Å². The van der Waals surface area contributed by atoms with Crippen LogP contribution in [0.4, 0.5) is 5.82 Å². The molecular formula is C9H15BrN3O14P3. The molecule has 0 saturated carbocycles. The standard InChI is InChI=1S/C9H15BrN3O14P3/c10-9(13-2-1-5(11)12-8(13)16)7(15)6(14)4(25-9)3-24-29(20,21)27-30(22,23)26-28(17,18)19/h1-2,4,6-7,14-15H,3H2,(H,20,21)(H,22,23)(H2,11,12,16)(H2,17,18,19)/t4-,6-,7-,9+/m1/s1. The Labute approximate surface area is 174 Å². The van der Waals surface area contributed by atoms with Crippen LogP contribution in [0.2, 0.25) is 0 Å². The molecule has 0 aromatic carbocycles. The summed E-state index contributed by atoms with van der Waals surface area (Å²) in [6, 6.07) is 1.17. The first-order chi connectivity index (χ1) is 13.5. The zero-order valence-electron chi connectivity index (χ0n) is 14.2. The van der Waals surface area contributed by atoms with Crippen LogP contribution in [-0.2, 0) is 36.2 Å². The number of anilines is 1. The van der Waals surface area contributed by atoms with Crippen LogP contribution in [0.3, 0.4) is 0 Å². The Balaban J connectivity index is 2.12. The zero-order chi connectivity index (χ0) is 23.1. The minimum Gasteiger partial charge on any atom is -0.387 e. The van der Waals surface area contributed by atoms with Gasteiger partial charge in [-0.15, -0.1) is 0 Å². The number of nitrogens with two attached hydrogens (primary N) is 1. The molecular weight excluding hydrogens is 547 g/mol. The predicted octanol–water partition coefficient (Wildman–Crippen LogP) is -1.71. The number of phosphoric ester groups is 1. The summed E-state index contributed by atoms with van der Waals surface area (Å²) in [5.41, 5.74) is 4.36. The molecule has 0 bridgehead atoms. The maximum Gasteiger partial charge on any atom is 0.490 e. The van der Waals surface area contributed by atoms with E-state index in [2.05, 4.69) is 34.1 Å². The fourth-order valence-corrected chi connectivity index (χ4v) is 6.03. The Kier molecular flexibility index (Phi) is 7.51. The molecule has 30 heavy (non-hydrogen) atoms. The molecule has 1 fully saturated rings. The minimum atomic E-state index is -5.74. The molecule has 2 heterocycles. The predicted molar refractivity (Wildman–Crippen MR) is 96.5 cm³/mol. The Hall–Kier alpha value is -0.550. The molecule has 1 aromatic rings. The van der Waals surface area contributed by atoms with Crippen LogP contribution in [0.15, 0.2) is 17.1 Å². The van der Waals surface area contributed by atoms with Crippen LogP contribution in [0.5, 0.6) is 0 Å². The number of nitrogens with zero attached hydrogens (tertiary/aromatic N) is 2. The maximum atomic E-state index is 12.0. The highest BCUT2D eigenvalue weighted by Crippen LogP contribution is 2.66. The number of phosphoric acid groups is 3. The van der Waals surface area contributed by atoms with E-state index >= 15 is 0 Å². The summed E-state index contributed by atoms with van der Waals surface area (Å²) in [6.45, 7) is -1.06. The molecule has 2 rings (SSSR count). The average Bonchev–Trinajstić information content (AvgIpc) is 2.74. The van der Waals surface area contributed by atoms with Gasteiger partial charge in [-0.05, 0) is 22.0 Å². The first-order valence-corrected chi connectivity index (χ1v) is 12.6. The third-order valence-corrected chi connectivity index (χ3v) is 8.20. The summed E-state index contributed by atoms with van der Waals surface area (Å²) in [5, 5.41) is 20.3. The summed E-state index contributed by atoms with van der Waals surface area (Å²) in [4.78, 5) is 50.8. The lowest BCUT2D eigenvalue weighted by Gasteiger charge is -2.27. The summed E-state index contributed by atoms with van der Waals surface area (Å²) in [6.07, 6.45) is -4.23. The number of hydrogen-bond acceptors (Lipinski definition) is 12. The normalized spacial score (nSPS) is 31.2. The fraction of sp³-hybridized carbons (Fsp3) is 0.556. The Morgan fingerprint density at radius 2 is 1.80 bits per heavy atom. The maximum absolute atomic E-state index is 12.0. The molecule has 172 valence electrons. The van der Waals surface area contributed by atoms with E-state index in [9.17, 15) is 33.6 Å². The first kappa shape index (κ1) is 25.7. The smallest absolute Gasteiger partial charge is 0.387 e. The topological polar surface area (TPSA) is 270 Å². The van der Waals surface area contributed by atoms with E-state index in [-0.39, 0.29) is 5.82 Å². The lowest BCUT2D eigenvalue weighted by Crippen LogP contribution is -2.46. The third-order valence-electron chi connectivity index (χ3n) is 3.36. The molecule has 2 unspecified atom stereocenters. The van der Waals surface area contributed by atoms with E-state index in [0.29, 0.717) is 4.57 Å². The van der Waals surface area contributed by atoms with Crippen molar-refractivity contribution >= 4 is 45.2 Å². The van der Waals surface area contributed by atoms with Gasteiger partial charge < -0.3 is 40.3 Å². The number of aliphatic hydroxyl groups excluding tert-OH is 2. The van der Waals surface area contributed by atoms with Crippen LogP contribution < -0.4 is 11.4 Å². The highest BCUT2D eigenvalue weighted by Gasteiger charge is 2.55.